The number of hydrogen-bond donors (Lipinski definition) is 2. The van der Waals surface area contributed by atoms with Crippen molar-refractivity contribution in [3.8, 4) is 5.75 Å². The molecule has 0 unspecified atom stereocenters. The number of nitrogens with one attached hydrogen (secondary N) is 2. The molecule has 0 aromatic heterocycles. The average Bonchev–Trinajstić information content (AvgIpc) is 2.94. The molecule has 2 fully saturated rings. The fraction of sp³-hybridized carbons (Fsp3) is 0.619. The van der Waals surface area contributed by atoms with E-state index in [1.165, 1.54) is 0 Å². The van der Waals surface area contributed by atoms with E-state index >= 15 is 0 Å². The van der Waals surface area contributed by atoms with Gasteiger partial charge in [-0.2, -0.15) is 0 Å². The van der Waals surface area contributed by atoms with Gasteiger partial charge in [-0.1, -0.05) is 12.1 Å². The molecule has 6 heteroatoms. The molecule has 0 saturated carbocycles. The monoisotopic (exact) mass is 371 g/mol. The lowest BCUT2D eigenvalue weighted by Crippen LogP contribution is -2.54. The molecule has 3 aliphatic rings. The Balaban J connectivity index is 1.43. The molecule has 0 aliphatic carbocycles. The Morgan fingerprint density at radius 3 is 2.67 bits per heavy atom. The van der Waals surface area contributed by atoms with Crippen molar-refractivity contribution in [1.29, 1.82) is 0 Å². The van der Waals surface area contributed by atoms with Gasteiger partial charge in [-0.05, 0) is 51.7 Å². The summed E-state index contributed by atoms with van der Waals surface area (Å²) < 4.78 is 6.13. The largest absolute Gasteiger partial charge is 0.487 e. The summed E-state index contributed by atoms with van der Waals surface area (Å²) in [6.07, 6.45) is 3.91. The number of urea groups is 1. The van der Waals surface area contributed by atoms with Crippen LogP contribution in [0.3, 0.4) is 0 Å². The van der Waals surface area contributed by atoms with E-state index in [0.717, 1.165) is 42.6 Å². The zero-order valence-electron chi connectivity index (χ0n) is 16.4. The Bertz CT molecular complexity index is 766. The highest BCUT2D eigenvalue weighted by atomic mass is 16.5. The zero-order valence-corrected chi connectivity index (χ0v) is 16.4. The molecule has 146 valence electrons. The fourth-order valence-electron chi connectivity index (χ4n) is 4.61. The van der Waals surface area contributed by atoms with Crippen LogP contribution in [0.15, 0.2) is 18.2 Å². The normalized spacial score (nSPS) is 25.5. The van der Waals surface area contributed by atoms with E-state index in [0.29, 0.717) is 19.5 Å². The maximum atomic E-state index is 12.9. The van der Waals surface area contributed by atoms with Gasteiger partial charge in [0.1, 0.15) is 11.4 Å². The Morgan fingerprint density at radius 2 is 2.00 bits per heavy atom. The highest BCUT2D eigenvalue weighted by Crippen LogP contribution is 2.40. The molecule has 1 aromatic carbocycles. The second-order valence-corrected chi connectivity index (χ2v) is 8.92. The Morgan fingerprint density at radius 1 is 1.26 bits per heavy atom. The second kappa shape index (κ2) is 6.43. The molecule has 1 aromatic rings. The lowest BCUT2D eigenvalue weighted by Gasteiger charge is -2.41. The summed E-state index contributed by atoms with van der Waals surface area (Å²) in [5.41, 5.74) is 1.79. The number of ether oxygens (including phenoxy) is 1. The number of nitrogens with zero attached hydrogens (tertiary/aromatic N) is 1. The summed E-state index contributed by atoms with van der Waals surface area (Å²) in [4.78, 5) is 26.4. The van der Waals surface area contributed by atoms with Gasteiger partial charge in [0.05, 0.1) is 6.04 Å². The van der Waals surface area contributed by atoms with Gasteiger partial charge in [-0.3, -0.25) is 4.79 Å². The van der Waals surface area contributed by atoms with E-state index in [-0.39, 0.29) is 29.1 Å². The van der Waals surface area contributed by atoms with Crippen LogP contribution >= 0.6 is 0 Å². The maximum absolute atomic E-state index is 12.9. The molecule has 1 spiro atoms. The molecule has 3 aliphatic heterocycles. The van der Waals surface area contributed by atoms with Crippen LogP contribution in [0.25, 0.3) is 0 Å². The van der Waals surface area contributed by atoms with Crippen LogP contribution in [0.5, 0.6) is 5.75 Å². The quantitative estimate of drug-likeness (QED) is 0.797. The van der Waals surface area contributed by atoms with Crippen LogP contribution in [0.4, 0.5) is 4.79 Å². The van der Waals surface area contributed by atoms with Crippen molar-refractivity contribution in [2.24, 2.45) is 0 Å². The molecular weight excluding hydrogens is 342 g/mol. The van der Waals surface area contributed by atoms with Crippen LogP contribution in [-0.4, -0.2) is 41.1 Å². The molecule has 0 bridgehead atoms. The van der Waals surface area contributed by atoms with Gasteiger partial charge in [-0.25, -0.2) is 4.79 Å². The van der Waals surface area contributed by atoms with E-state index in [1.54, 1.807) is 0 Å². The second-order valence-electron chi connectivity index (χ2n) is 8.92. The Hall–Kier alpha value is -2.24. The van der Waals surface area contributed by atoms with Crippen molar-refractivity contribution in [3.63, 3.8) is 0 Å². The van der Waals surface area contributed by atoms with E-state index in [4.69, 9.17) is 4.74 Å². The van der Waals surface area contributed by atoms with Gasteiger partial charge >= 0.3 is 6.03 Å². The van der Waals surface area contributed by atoms with Crippen LogP contribution in [-0.2, 0) is 4.79 Å². The van der Waals surface area contributed by atoms with Crippen molar-refractivity contribution < 1.29 is 14.3 Å². The molecule has 2 saturated heterocycles. The smallest absolute Gasteiger partial charge is 0.317 e. The standard InChI is InChI=1S/C21H29N3O3/c1-14-4-5-15-16(13-20(2,3)27-17(15)12-14)22-19(26)24-10-8-21(9-11-24)7-6-18(25)23-21/h4-5,12,16H,6-11,13H2,1-3H3,(H,22,26)(H,23,25)/t16-/m1/s1. The predicted octanol–water partition coefficient (Wildman–Crippen LogP) is 3.05. The van der Waals surface area contributed by atoms with E-state index in [2.05, 4.69) is 36.6 Å². The summed E-state index contributed by atoms with van der Waals surface area (Å²) in [7, 11) is 0. The molecule has 4 rings (SSSR count). The summed E-state index contributed by atoms with van der Waals surface area (Å²) in [5, 5.41) is 6.35. The first kappa shape index (κ1) is 18.1. The lowest BCUT2D eigenvalue weighted by atomic mass is 9.86. The number of fused-ring (bicyclic) bond motifs is 1. The fourth-order valence-corrected chi connectivity index (χ4v) is 4.61. The Labute approximate surface area is 160 Å². The highest BCUT2D eigenvalue weighted by molar-refractivity contribution is 5.80. The van der Waals surface area contributed by atoms with Gasteiger partial charge in [0.25, 0.3) is 0 Å². The minimum Gasteiger partial charge on any atom is -0.487 e. The number of piperidine rings is 1. The summed E-state index contributed by atoms with van der Waals surface area (Å²) in [6, 6.07) is 6.09. The molecule has 6 nitrogen and oxygen atoms in total. The van der Waals surface area contributed by atoms with E-state index in [9.17, 15) is 9.59 Å². The molecule has 27 heavy (non-hydrogen) atoms. The summed E-state index contributed by atoms with van der Waals surface area (Å²) >= 11 is 0. The first-order chi connectivity index (χ1) is 12.8. The van der Waals surface area contributed by atoms with Crippen molar-refractivity contribution in [2.45, 2.75) is 70.1 Å². The summed E-state index contributed by atoms with van der Waals surface area (Å²) in [5.74, 6) is 1.01. The van der Waals surface area contributed by atoms with Crippen molar-refractivity contribution in [2.75, 3.05) is 13.1 Å². The number of carbonyl (C=O) groups excluding carboxylic acids is 2. The van der Waals surface area contributed by atoms with Crippen molar-refractivity contribution >= 4 is 11.9 Å². The molecule has 1 atom stereocenters. The van der Waals surface area contributed by atoms with Crippen molar-refractivity contribution in [1.82, 2.24) is 15.5 Å². The molecule has 0 radical (unpaired) electrons. The molecule has 3 amide bonds. The number of rotatable bonds is 1. The van der Waals surface area contributed by atoms with E-state index < -0.39 is 0 Å². The van der Waals surface area contributed by atoms with Gasteiger partial charge in [0.15, 0.2) is 0 Å². The first-order valence-corrected chi connectivity index (χ1v) is 9.91. The van der Waals surface area contributed by atoms with Crippen LogP contribution in [0.1, 0.15) is 63.1 Å². The van der Waals surface area contributed by atoms with Gasteiger partial charge in [-0.15, -0.1) is 0 Å². The molecular formula is C21H29N3O3. The summed E-state index contributed by atoms with van der Waals surface area (Å²) in [6.45, 7) is 7.53. The number of benzene rings is 1. The number of carbonyl (C=O) groups is 2. The van der Waals surface area contributed by atoms with E-state index in [1.807, 2.05) is 17.9 Å². The zero-order chi connectivity index (χ0) is 19.2. The third kappa shape index (κ3) is 3.62. The minimum atomic E-state index is -0.321. The van der Waals surface area contributed by atoms with Gasteiger partial charge in [0, 0.05) is 37.0 Å². The number of likely N-dealkylation sites (tertiary alicyclic amines) is 1. The van der Waals surface area contributed by atoms with Crippen LogP contribution in [0.2, 0.25) is 0 Å². The Kier molecular flexibility index (Phi) is 4.32. The van der Waals surface area contributed by atoms with Gasteiger partial charge in [0.2, 0.25) is 5.91 Å². The minimum absolute atomic E-state index is 0.0246. The highest BCUT2D eigenvalue weighted by Gasteiger charge is 2.42. The lowest BCUT2D eigenvalue weighted by molar-refractivity contribution is -0.120. The molecule has 2 N–H and O–H groups in total. The molecule has 3 heterocycles. The van der Waals surface area contributed by atoms with Crippen molar-refractivity contribution in [3.05, 3.63) is 29.3 Å². The van der Waals surface area contributed by atoms with Crippen LogP contribution < -0.4 is 15.4 Å². The maximum Gasteiger partial charge on any atom is 0.317 e. The predicted molar refractivity (Wildman–Crippen MR) is 103 cm³/mol. The third-order valence-electron chi connectivity index (χ3n) is 6.17. The third-order valence-corrected chi connectivity index (χ3v) is 6.17. The topological polar surface area (TPSA) is 70.7 Å². The first-order valence-electron chi connectivity index (χ1n) is 9.91. The number of hydrogen-bond acceptors (Lipinski definition) is 3. The SMILES string of the molecule is Cc1ccc2c(c1)OC(C)(C)C[C@H]2NC(=O)N1CCC2(CCC(=O)N2)CC1. The van der Waals surface area contributed by atoms with Crippen LogP contribution in [0, 0.1) is 6.92 Å². The number of amides is 3. The average molecular weight is 371 g/mol. The van der Waals surface area contributed by atoms with Gasteiger partial charge < -0.3 is 20.3 Å². The number of aryl methyl sites for hydroxylation is 1.